The molecule has 0 radical (unpaired) electrons. The minimum Gasteiger partial charge on any atom is -0.465 e. The molecule has 1 aromatic heterocycles. The maximum absolute atomic E-state index is 5.64. The third-order valence-electron chi connectivity index (χ3n) is 3.52. The molecule has 1 saturated heterocycles. The van der Waals surface area contributed by atoms with Crippen LogP contribution in [0.1, 0.15) is 50.7 Å². The highest BCUT2D eigenvalue weighted by atomic mass is 16.3. The Hall–Kier alpha value is -0.800. The number of aryl methyl sites for hydroxylation is 1. The fourth-order valence-electron chi connectivity index (χ4n) is 2.65. The molecular weight excluding hydrogens is 212 g/mol. The van der Waals surface area contributed by atoms with Crippen LogP contribution in [0, 0.1) is 6.92 Å². The van der Waals surface area contributed by atoms with Crippen molar-refractivity contribution in [3.8, 4) is 0 Å². The summed E-state index contributed by atoms with van der Waals surface area (Å²) in [6.45, 7) is 7.59. The molecule has 3 heteroatoms. The van der Waals surface area contributed by atoms with E-state index in [4.69, 9.17) is 4.42 Å². The number of hydrogen-bond acceptors (Lipinski definition) is 3. The molecule has 1 aliphatic heterocycles. The number of hydrogen-bond donors (Lipinski definition) is 2. The van der Waals surface area contributed by atoms with Crippen molar-refractivity contribution >= 4 is 0 Å². The van der Waals surface area contributed by atoms with Crippen LogP contribution in [-0.2, 0) is 0 Å². The summed E-state index contributed by atoms with van der Waals surface area (Å²) in [5, 5.41) is 7.14. The normalized spacial score (nSPS) is 23.8. The summed E-state index contributed by atoms with van der Waals surface area (Å²) in [5.41, 5.74) is 0. The lowest BCUT2D eigenvalue weighted by Crippen LogP contribution is -2.35. The smallest absolute Gasteiger partial charge is 0.120 e. The van der Waals surface area contributed by atoms with Gasteiger partial charge in [0.05, 0.1) is 6.04 Å². The summed E-state index contributed by atoms with van der Waals surface area (Å²) in [5.74, 6) is 2.02. The molecule has 0 bridgehead atoms. The van der Waals surface area contributed by atoms with Crippen LogP contribution in [0.5, 0.6) is 0 Å². The van der Waals surface area contributed by atoms with Crippen LogP contribution in [0.15, 0.2) is 16.5 Å². The van der Waals surface area contributed by atoms with Gasteiger partial charge in [0, 0.05) is 12.1 Å². The van der Waals surface area contributed by atoms with Gasteiger partial charge in [0.2, 0.25) is 0 Å². The van der Waals surface area contributed by atoms with Crippen molar-refractivity contribution in [3.63, 3.8) is 0 Å². The van der Waals surface area contributed by atoms with Crippen LogP contribution < -0.4 is 10.6 Å². The Labute approximate surface area is 104 Å². The van der Waals surface area contributed by atoms with Crippen molar-refractivity contribution in [1.82, 2.24) is 10.6 Å². The second kappa shape index (κ2) is 5.69. The van der Waals surface area contributed by atoms with E-state index in [2.05, 4.69) is 30.5 Å². The quantitative estimate of drug-likeness (QED) is 0.825. The predicted molar refractivity (Wildman–Crippen MR) is 70.1 cm³/mol. The van der Waals surface area contributed by atoms with Crippen LogP contribution >= 0.6 is 0 Å². The average Bonchev–Trinajstić information content (AvgIpc) is 2.89. The molecule has 2 rings (SSSR count). The minimum absolute atomic E-state index is 0.292. The summed E-state index contributed by atoms with van der Waals surface area (Å²) < 4.78 is 5.64. The molecule has 2 N–H and O–H groups in total. The summed E-state index contributed by atoms with van der Waals surface area (Å²) in [4.78, 5) is 0. The van der Waals surface area contributed by atoms with Crippen LogP contribution in [-0.4, -0.2) is 18.6 Å². The highest BCUT2D eigenvalue weighted by Gasteiger charge is 2.19. The van der Waals surface area contributed by atoms with Crippen molar-refractivity contribution in [1.29, 1.82) is 0 Å². The predicted octanol–water partition coefficient (Wildman–Crippen LogP) is 2.77. The first-order valence-corrected chi connectivity index (χ1v) is 6.71. The van der Waals surface area contributed by atoms with E-state index in [9.17, 15) is 0 Å². The zero-order chi connectivity index (χ0) is 12.3. The monoisotopic (exact) mass is 236 g/mol. The molecule has 96 valence electrons. The van der Waals surface area contributed by atoms with Crippen molar-refractivity contribution in [2.45, 2.75) is 58.2 Å². The fourth-order valence-corrected chi connectivity index (χ4v) is 2.65. The lowest BCUT2D eigenvalue weighted by Gasteiger charge is -2.21. The van der Waals surface area contributed by atoms with E-state index < -0.39 is 0 Å². The third-order valence-corrected chi connectivity index (χ3v) is 3.52. The van der Waals surface area contributed by atoms with Crippen molar-refractivity contribution < 1.29 is 4.42 Å². The molecule has 1 aromatic rings. The van der Waals surface area contributed by atoms with E-state index in [-0.39, 0.29) is 0 Å². The van der Waals surface area contributed by atoms with Gasteiger partial charge in [0.1, 0.15) is 11.5 Å². The number of rotatable bonds is 5. The van der Waals surface area contributed by atoms with Gasteiger partial charge in [-0.05, 0) is 58.7 Å². The van der Waals surface area contributed by atoms with Gasteiger partial charge in [-0.15, -0.1) is 0 Å². The lowest BCUT2D eigenvalue weighted by atomic mass is 10.1. The SMILES string of the molecule is Cc1ccc(C(C)NC(C)CC2CCCN2)o1. The summed E-state index contributed by atoms with van der Waals surface area (Å²) in [6, 6.07) is 5.60. The maximum atomic E-state index is 5.64. The molecule has 3 atom stereocenters. The molecule has 2 heterocycles. The highest BCUT2D eigenvalue weighted by Crippen LogP contribution is 2.18. The molecule has 1 fully saturated rings. The van der Waals surface area contributed by atoms with Crippen LogP contribution in [0.3, 0.4) is 0 Å². The van der Waals surface area contributed by atoms with E-state index in [1.54, 1.807) is 0 Å². The summed E-state index contributed by atoms with van der Waals surface area (Å²) in [6.07, 6.45) is 3.84. The van der Waals surface area contributed by atoms with E-state index in [1.807, 2.05) is 13.0 Å². The first-order valence-electron chi connectivity index (χ1n) is 6.71. The van der Waals surface area contributed by atoms with Gasteiger partial charge in [-0.3, -0.25) is 0 Å². The second-order valence-electron chi connectivity index (χ2n) is 5.27. The van der Waals surface area contributed by atoms with E-state index in [0.29, 0.717) is 18.1 Å². The Morgan fingerprint density at radius 1 is 1.47 bits per heavy atom. The van der Waals surface area contributed by atoms with Gasteiger partial charge in [-0.25, -0.2) is 0 Å². The molecular formula is C14H24N2O. The molecule has 0 spiro atoms. The van der Waals surface area contributed by atoms with Crippen molar-refractivity contribution in [3.05, 3.63) is 23.7 Å². The maximum Gasteiger partial charge on any atom is 0.120 e. The van der Waals surface area contributed by atoms with Gasteiger partial charge in [0.15, 0.2) is 0 Å². The number of furan rings is 1. The minimum atomic E-state index is 0.292. The fraction of sp³-hybridized carbons (Fsp3) is 0.714. The molecule has 0 amide bonds. The van der Waals surface area contributed by atoms with E-state index in [0.717, 1.165) is 11.5 Å². The molecule has 17 heavy (non-hydrogen) atoms. The standard InChI is InChI=1S/C14H24N2O/c1-10(9-13-5-4-8-15-13)16-12(3)14-7-6-11(2)17-14/h6-7,10,12-13,15-16H,4-5,8-9H2,1-3H3. The zero-order valence-corrected chi connectivity index (χ0v) is 11.1. The molecule has 0 aromatic carbocycles. The molecule has 0 aliphatic carbocycles. The van der Waals surface area contributed by atoms with Crippen molar-refractivity contribution in [2.75, 3.05) is 6.54 Å². The first kappa shape index (κ1) is 12.7. The molecule has 3 nitrogen and oxygen atoms in total. The van der Waals surface area contributed by atoms with Crippen molar-refractivity contribution in [2.24, 2.45) is 0 Å². The van der Waals surface area contributed by atoms with Crippen LogP contribution in [0.2, 0.25) is 0 Å². The second-order valence-corrected chi connectivity index (χ2v) is 5.27. The third kappa shape index (κ3) is 3.58. The van der Waals surface area contributed by atoms with E-state index in [1.165, 1.54) is 25.8 Å². The number of nitrogens with one attached hydrogen (secondary N) is 2. The van der Waals surface area contributed by atoms with Gasteiger partial charge in [-0.2, -0.15) is 0 Å². The van der Waals surface area contributed by atoms with Gasteiger partial charge >= 0.3 is 0 Å². The largest absolute Gasteiger partial charge is 0.465 e. The zero-order valence-electron chi connectivity index (χ0n) is 11.1. The Kier molecular flexibility index (Phi) is 4.24. The summed E-state index contributed by atoms with van der Waals surface area (Å²) in [7, 11) is 0. The van der Waals surface area contributed by atoms with Crippen LogP contribution in [0.25, 0.3) is 0 Å². The van der Waals surface area contributed by atoms with E-state index >= 15 is 0 Å². The Balaban J connectivity index is 1.79. The van der Waals surface area contributed by atoms with Gasteiger partial charge in [-0.1, -0.05) is 0 Å². The van der Waals surface area contributed by atoms with Crippen LogP contribution in [0.4, 0.5) is 0 Å². The average molecular weight is 236 g/mol. The topological polar surface area (TPSA) is 37.2 Å². The first-order chi connectivity index (χ1) is 8.15. The Bertz CT molecular complexity index is 342. The molecule has 0 saturated carbocycles. The molecule has 3 unspecified atom stereocenters. The highest BCUT2D eigenvalue weighted by molar-refractivity contribution is 5.09. The van der Waals surface area contributed by atoms with Gasteiger partial charge in [0.25, 0.3) is 0 Å². The Morgan fingerprint density at radius 3 is 2.88 bits per heavy atom. The molecule has 1 aliphatic rings. The van der Waals surface area contributed by atoms with Gasteiger partial charge < -0.3 is 15.1 Å². The Morgan fingerprint density at radius 2 is 2.29 bits per heavy atom. The lowest BCUT2D eigenvalue weighted by molar-refractivity contribution is 0.361. The summed E-state index contributed by atoms with van der Waals surface area (Å²) >= 11 is 0.